The summed E-state index contributed by atoms with van der Waals surface area (Å²) in [6, 6.07) is 4.42. The van der Waals surface area contributed by atoms with E-state index in [-0.39, 0.29) is 19.1 Å². The van der Waals surface area contributed by atoms with Gasteiger partial charge in [-0.15, -0.1) is 0 Å². The second-order valence-electron chi connectivity index (χ2n) is 4.65. The van der Waals surface area contributed by atoms with E-state index in [0.29, 0.717) is 22.2 Å². The van der Waals surface area contributed by atoms with Crippen molar-refractivity contribution in [3.63, 3.8) is 0 Å². The molecule has 0 aliphatic carbocycles. The van der Waals surface area contributed by atoms with Crippen LogP contribution in [-0.2, 0) is 4.79 Å². The monoisotopic (exact) mass is 366 g/mol. The molecule has 0 radical (unpaired) electrons. The van der Waals surface area contributed by atoms with Gasteiger partial charge in [0.25, 0.3) is 0 Å². The standard InChI is InChI=1S/C14H20Cl2N2O3S/c1-22-6-5-11(17)14(20)18-7-9(19)8-21-12-4-2-3-10(15)13(12)16/h2-4,9,11,19H,5-8,17H2,1H3,(H,18,20)/t9?,11-/m0/s1. The van der Waals surface area contributed by atoms with Gasteiger partial charge in [0, 0.05) is 6.54 Å². The normalized spacial score (nSPS) is 13.5. The van der Waals surface area contributed by atoms with Gasteiger partial charge in [0.15, 0.2) is 0 Å². The van der Waals surface area contributed by atoms with Gasteiger partial charge in [-0.05, 0) is 30.6 Å². The van der Waals surface area contributed by atoms with E-state index in [1.165, 1.54) is 0 Å². The van der Waals surface area contributed by atoms with E-state index in [9.17, 15) is 9.90 Å². The van der Waals surface area contributed by atoms with Gasteiger partial charge in [-0.25, -0.2) is 0 Å². The van der Waals surface area contributed by atoms with Crippen LogP contribution in [0, 0.1) is 0 Å². The Bertz CT molecular complexity index is 491. The number of aliphatic hydroxyl groups is 1. The fraction of sp³-hybridized carbons (Fsp3) is 0.500. The van der Waals surface area contributed by atoms with Crippen LogP contribution < -0.4 is 15.8 Å². The highest BCUT2D eigenvalue weighted by Gasteiger charge is 2.15. The Morgan fingerprint density at radius 1 is 1.50 bits per heavy atom. The molecule has 2 atom stereocenters. The summed E-state index contributed by atoms with van der Waals surface area (Å²) < 4.78 is 5.38. The van der Waals surface area contributed by atoms with Gasteiger partial charge >= 0.3 is 0 Å². The lowest BCUT2D eigenvalue weighted by Gasteiger charge is -2.16. The van der Waals surface area contributed by atoms with E-state index in [4.69, 9.17) is 33.7 Å². The Morgan fingerprint density at radius 3 is 2.91 bits per heavy atom. The average Bonchev–Trinajstić information content (AvgIpc) is 2.51. The summed E-state index contributed by atoms with van der Waals surface area (Å²) in [5.41, 5.74) is 5.72. The summed E-state index contributed by atoms with van der Waals surface area (Å²) in [6.07, 6.45) is 1.68. The number of thioether (sulfide) groups is 1. The number of nitrogens with one attached hydrogen (secondary N) is 1. The van der Waals surface area contributed by atoms with Crippen molar-refractivity contribution < 1.29 is 14.6 Å². The summed E-state index contributed by atoms with van der Waals surface area (Å²) in [5.74, 6) is 0.915. The third-order valence-corrected chi connectivity index (χ3v) is 4.27. The molecule has 0 aliphatic heterocycles. The first-order valence-corrected chi connectivity index (χ1v) is 8.87. The molecule has 124 valence electrons. The minimum Gasteiger partial charge on any atom is -0.489 e. The zero-order chi connectivity index (χ0) is 16.5. The molecular weight excluding hydrogens is 347 g/mol. The van der Waals surface area contributed by atoms with Crippen molar-refractivity contribution in [1.82, 2.24) is 5.32 Å². The third kappa shape index (κ3) is 6.62. The molecule has 4 N–H and O–H groups in total. The van der Waals surface area contributed by atoms with Crippen LogP contribution in [0.1, 0.15) is 6.42 Å². The molecule has 1 unspecified atom stereocenters. The average molecular weight is 367 g/mol. The zero-order valence-electron chi connectivity index (χ0n) is 12.2. The Morgan fingerprint density at radius 2 is 2.23 bits per heavy atom. The van der Waals surface area contributed by atoms with Crippen LogP contribution in [0.15, 0.2) is 18.2 Å². The number of benzene rings is 1. The molecule has 0 fully saturated rings. The van der Waals surface area contributed by atoms with Crippen LogP contribution in [0.2, 0.25) is 10.0 Å². The molecule has 1 amide bonds. The van der Waals surface area contributed by atoms with Crippen LogP contribution in [0.25, 0.3) is 0 Å². The van der Waals surface area contributed by atoms with Gasteiger partial charge in [-0.1, -0.05) is 29.3 Å². The van der Waals surface area contributed by atoms with Gasteiger partial charge in [0.2, 0.25) is 5.91 Å². The largest absolute Gasteiger partial charge is 0.489 e. The number of rotatable bonds is 9. The fourth-order valence-corrected chi connectivity index (χ4v) is 2.40. The first-order valence-electron chi connectivity index (χ1n) is 6.72. The lowest BCUT2D eigenvalue weighted by atomic mass is 10.2. The van der Waals surface area contributed by atoms with Crippen molar-refractivity contribution in [2.75, 3.05) is 25.2 Å². The molecule has 0 spiro atoms. The summed E-state index contributed by atoms with van der Waals surface area (Å²) in [7, 11) is 0. The molecule has 22 heavy (non-hydrogen) atoms. The van der Waals surface area contributed by atoms with E-state index >= 15 is 0 Å². The maximum Gasteiger partial charge on any atom is 0.237 e. The van der Waals surface area contributed by atoms with Gasteiger partial charge in [-0.2, -0.15) is 11.8 Å². The van der Waals surface area contributed by atoms with Crippen LogP contribution >= 0.6 is 35.0 Å². The van der Waals surface area contributed by atoms with E-state index in [2.05, 4.69) is 5.32 Å². The van der Waals surface area contributed by atoms with Crippen LogP contribution in [-0.4, -0.2) is 48.3 Å². The van der Waals surface area contributed by atoms with Crippen molar-refractivity contribution >= 4 is 40.9 Å². The van der Waals surface area contributed by atoms with E-state index in [1.807, 2.05) is 6.26 Å². The number of hydrogen-bond acceptors (Lipinski definition) is 5. The predicted molar refractivity (Wildman–Crippen MR) is 91.9 cm³/mol. The highest BCUT2D eigenvalue weighted by atomic mass is 35.5. The predicted octanol–water partition coefficient (Wildman–Crippen LogP) is 1.93. The van der Waals surface area contributed by atoms with Crippen molar-refractivity contribution in [3.05, 3.63) is 28.2 Å². The Labute approximate surface area is 144 Å². The molecule has 0 saturated carbocycles. The number of ether oxygens (including phenoxy) is 1. The van der Waals surface area contributed by atoms with E-state index in [1.54, 1.807) is 30.0 Å². The summed E-state index contributed by atoms with van der Waals surface area (Å²) in [5, 5.41) is 13.1. The molecule has 1 aromatic carbocycles. The number of hydrogen-bond donors (Lipinski definition) is 3. The lowest BCUT2D eigenvalue weighted by molar-refractivity contribution is -0.122. The molecule has 1 rings (SSSR count). The topological polar surface area (TPSA) is 84.6 Å². The van der Waals surface area contributed by atoms with Gasteiger partial charge in [-0.3, -0.25) is 4.79 Å². The number of amides is 1. The Hall–Kier alpha value is -0.660. The summed E-state index contributed by atoms with van der Waals surface area (Å²) in [4.78, 5) is 11.7. The van der Waals surface area contributed by atoms with E-state index < -0.39 is 12.1 Å². The van der Waals surface area contributed by atoms with Crippen LogP contribution in [0.5, 0.6) is 5.75 Å². The highest BCUT2D eigenvalue weighted by Crippen LogP contribution is 2.31. The molecule has 1 aromatic rings. The quantitative estimate of drug-likeness (QED) is 0.621. The Kier molecular flexibility index (Phi) is 8.97. The summed E-state index contributed by atoms with van der Waals surface area (Å²) in [6.45, 7) is 0.0460. The number of aliphatic hydroxyl groups excluding tert-OH is 1. The van der Waals surface area contributed by atoms with Crippen molar-refractivity contribution in [2.24, 2.45) is 5.73 Å². The smallest absolute Gasteiger partial charge is 0.237 e. The second kappa shape index (κ2) is 10.2. The highest BCUT2D eigenvalue weighted by molar-refractivity contribution is 7.98. The first-order chi connectivity index (χ1) is 10.5. The molecule has 8 heteroatoms. The van der Waals surface area contributed by atoms with E-state index in [0.717, 1.165) is 5.75 Å². The first kappa shape index (κ1) is 19.4. The lowest BCUT2D eigenvalue weighted by Crippen LogP contribution is -2.44. The van der Waals surface area contributed by atoms with Crippen LogP contribution in [0.4, 0.5) is 0 Å². The maximum atomic E-state index is 11.7. The number of carbonyl (C=O) groups is 1. The molecular formula is C14H20Cl2N2O3S. The number of halogens is 2. The third-order valence-electron chi connectivity index (χ3n) is 2.83. The minimum atomic E-state index is -0.869. The minimum absolute atomic E-state index is 0.0135. The fourth-order valence-electron chi connectivity index (χ4n) is 1.57. The second-order valence-corrected chi connectivity index (χ2v) is 6.42. The zero-order valence-corrected chi connectivity index (χ0v) is 14.5. The van der Waals surface area contributed by atoms with Crippen LogP contribution in [0.3, 0.4) is 0 Å². The maximum absolute atomic E-state index is 11.7. The Balaban J connectivity index is 2.33. The van der Waals surface area contributed by atoms with Crippen molar-refractivity contribution in [2.45, 2.75) is 18.6 Å². The molecule has 0 saturated heterocycles. The van der Waals surface area contributed by atoms with Gasteiger partial charge in [0.05, 0.1) is 11.1 Å². The SMILES string of the molecule is CSCC[C@H](N)C(=O)NCC(O)COc1cccc(Cl)c1Cl. The van der Waals surface area contributed by atoms with Gasteiger partial charge in [0.1, 0.15) is 23.5 Å². The molecule has 5 nitrogen and oxygen atoms in total. The molecule has 0 heterocycles. The molecule has 0 bridgehead atoms. The number of carbonyl (C=O) groups excluding carboxylic acids is 1. The van der Waals surface area contributed by atoms with Crippen molar-refractivity contribution in [1.29, 1.82) is 0 Å². The molecule has 0 aliphatic rings. The van der Waals surface area contributed by atoms with Crippen molar-refractivity contribution in [3.8, 4) is 5.75 Å². The number of nitrogens with two attached hydrogens (primary N) is 1. The molecule has 0 aromatic heterocycles. The van der Waals surface area contributed by atoms with Gasteiger partial charge < -0.3 is 20.9 Å². The summed E-state index contributed by atoms with van der Waals surface area (Å²) >= 11 is 13.5.